The Balaban J connectivity index is 0.000000212. The molecular weight excluding hydrogens is 268 g/mol. The first kappa shape index (κ1) is 17.9. The Morgan fingerprint density at radius 1 is 1.00 bits per heavy atom. The Morgan fingerprint density at radius 2 is 1.57 bits per heavy atom. The zero-order valence-electron chi connectivity index (χ0n) is 12.6. The highest BCUT2D eigenvalue weighted by Crippen LogP contribution is 2.13. The molecular formula is C15H28N4O2. The summed E-state index contributed by atoms with van der Waals surface area (Å²) in [5.41, 5.74) is 10.5. The van der Waals surface area contributed by atoms with E-state index < -0.39 is 0 Å². The fraction of sp³-hybridized carbons (Fsp3) is 0.600. The number of nitrogens with two attached hydrogens (primary N) is 2. The summed E-state index contributed by atoms with van der Waals surface area (Å²) in [4.78, 5) is 0. The summed E-state index contributed by atoms with van der Waals surface area (Å²) in [6.45, 7) is 6.67. The highest BCUT2D eigenvalue weighted by atomic mass is 16.6. The summed E-state index contributed by atoms with van der Waals surface area (Å²) < 4.78 is 10.4. The van der Waals surface area contributed by atoms with E-state index in [1.54, 1.807) is 0 Å². The van der Waals surface area contributed by atoms with Crippen LogP contribution in [0.25, 0.3) is 0 Å². The van der Waals surface area contributed by atoms with Crippen LogP contribution < -0.4 is 26.8 Å². The van der Waals surface area contributed by atoms with Crippen molar-refractivity contribution in [2.24, 2.45) is 11.5 Å². The maximum absolute atomic E-state index is 5.40. The van der Waals surface area contributed by atoms with Gasteiger partial charge in [-0.1, -0.05) is 18.2 Å². The Hall–Kier alpha value is -1.18. The summed E-state index contributed by atoms with van der Waals surface area (Å²) in [7, 11) is 0. The zero-order valence-corrected chi connectivity index (χ0v) is 12.6. The number of para-hydroxylation sites is 1. The fourth-order valence-corrected chi connectivity index (χ4v) is 1.50. The van der Waals surface area contributed by atoms with Crippen molar-refractivity contribution in [1.29, 1.82) is 0 Å². The van der Waals surface area contributed by atoms with Gasteiger partial charge in [-0.3, -0.25) is 0 Å². The van der Waals surface area contributed by atoms with Gasteiger partial charge >= 0.3 is 0 Å². The highest BCUT2D eigenvalue weighted by molar-refractivity contribution is 5.20. The molecule has 2 rings (SSSR count). The maximum Gasteiger partial charge on any atom is 0.119 e. The Morgan fingerprint density at radius 3 is 2.05 bits per heavy atom. The lowest BCUT2D eigenvalue weighted by Gasteiger charge is -2.03. The topological polar surface area (TPSA) is 97.9 Å². The number of benzene rings is 1. The number of hydrogen-bond acceptors (Lipinski definition) is 6. The van der Waals surface area contributed by atoms with Crippen molar-refractivity contribution < 1.29 is 9.47 Å². The standard InChI is InChI=1S/C9H10O2.C6H18N4/c1-2-4-8(5-3-1)10-6-9-7-11-9;7-1-3-9-5-6-10-4-2-8/h1-5,9H,6-7H2;9-10H,1-8H2. The average molecular weight is 296 g/mol. The molecule has 120 valence electrons. The van der Waals surface area contributed by atoms with E-state index in [9.17, 15) is 0 Å². The minimum atomic E-state index is 0.343. The minimum Gasteiger partial charge on any atom is -0.491 e. The van der Waals surface area contributed by atoms with Crippen LogP contribution in [0.3, 0.4) is 0 Å². The molecule has 0 aliphatic carbocycles. The van der Waals surface area contributed by atoms with Crippen molar-refractivity contribution in [1.82, 2.24) is 10.6 Å². The number of epoxide rings is 1. The minimum absolute atomic E-state index is 0.343. The average Bonchev–Trinajstić information content (AvgIpc) is 3.35. The molecule has 0 spiro atoms. The molecule has 1 aromatic rings. The van der Waals surface area contributed by atoms with Crippen LogP contribution in [0.2, 0.25) is 0 Å². The third-order valence-electron chi connectivity index (χ3n) is 2.70. The molecule has 1 atom stereocenters. The van der Waals surface area contributed by atoms with Crippen LogP contribution in [-0.2, 0) is 4.74 Å². The van der Waals surface area contributed by atoms with E-state index in [4.69, 9.17) is 20.9 Å². The Bertz CT molecular complexity index is 326. The Labute approximate surface area is 127 Å². The van der Waals surface area contributed by atoms with E-state index in [2.05, 4.69) is 10.6 Å². The van der Waals surface area contributed by atoms with Gasteiger partial charge in [0.2, 0.25) is 0 Å². The molecule has 0 radical (unpaired) electrons. The summed E-state index contributed by atoms with van der Waals surface area (Å²) in [6, 6.07) is 9.79. The monoisotopic (exact) mass is 296 g/mol. The van der Waals surface area contributed by atoms with Gasteiger partial charge in [0, 0.05) is 39.3 Å². The van der Waals surface area contributed by atoms with Gasteiger partial charge in [0.25, 0.3) is 0 Å². The van der Waals surface area contributed by atoms with Crippen LogP contribution in [0, 0.1) is 0 Å². The van der Waals surface area contributed by atoms with E-state index in [-0.39, 0.29) is 0 Å². The van der Waals surface area contributed by atoms with Gasteiger partial charge in [-0.2, -0.15) is 0 Å². The molecule has 1 fully saturated rings. The first-order valence-corrected chi connectivity index (χ1v) is 7.48. The first-order valence-electron chi connectivity index (χ1n) is 7.48. The fourth-order valence-electron chi connectivity index (χ4n) is 1.50. The lowest BCUT2D eigenvalue weighted by Crippen LogP contribution is -2.32. The smallest absolute Gasteiger partial charge is 0.119 e. The summed E-state index contributed by atoms with van der Waals surface area (Å²) in [5, 5.41) is 6.33. The van der Waals surface area contributed by atoms with Gasteiger partial charge in [0.1, 0.15) is 18.5 Å². The van der Waals surface area contributed by atoms with Crippen LogP contribution in [-0.4, -0.2) is 58.6 Å². The van der Waals surface area contributed by atoms with Crippen molar-refractivity contribution in [3.8, 4) is 5.75 Å². The van der Waals surface area contributed by atoms with Crippen LogP contribution in [0.15, 0.2) is 30.3 Å². The molecule has 6 nitrogen and oxygen atoms in total. The number of ether oxygens (including phenoxy) is 2. The molecule has 0 amide bonds. The van der Waals surface area contributed by atoms with Crippen LogP contribution in [0.1, 0.15) is 0 Å². The molecule has 0 bridgehead atoms. The highest BCUT2D eigenvalue weighted by Gasteiger charge is 2.22. The number of rotatable bonds is 10. The second-order valence-electron chi connectivity index (χ2n) is 4.66. The molecule has 6 heteroatoms. The molecule has 1 heterocycles. The molecule has 21 heavy (non-hydrogen) atoms. The molecule has 6 N–H and O–H groups in total. The van der Waals surface area contributed by atoms with Gasteiger partial charge < -0.3 is 31.6 Å². The third-order valence-corrected chi connectivity index (χ3v) is 2.70. The molecule has 1 unspecified atom stereocenters. The second kappa shape index (κ2) is 12.6. The van der Waals surface area contributed by atoms with E-state index in [1.807, 2.05) is 30.3 Å². The molecule has 1 aliphatic rings. The largest absolute Gasteiger partial charge is 0.491 e. The summed E-state index contributed by atoms with van der Waals surface area (Å²) >= 11 is 0. The third kappa shape index (κ3) is 11.2. The normalized spacial score (nSPS) is 16.0. The van der Waals surface area contributed by atoms with Gasteiger partial charge in [-0.15, -0.1) is 0 Å². The van der Waals surface area contributed by atoms with Crippen molar-refractivity contribution in [3.05, 3.63) is 30.3 Å². The quantitative estimate of drug-likeness (QED) is 0.345. The molecule has 0 saturated carbocycles. The van der Waals surface area contributed by atoms with Gasteiger partial charge in [-0.05, 0) is 12.1 Å². The Kier molecular flexibility index (Phi) is 10.7. The van der Waals surface area contributed by atoms with Crippen molar-refractivity contribution in [2.45, 2.75) is 6.10 Å². The molecule has 1 aliphatic heterocycles. The van der Waals surface area contributed by atoms with Gasteiger partial charge in [0.15, 0.2) is 0 Å². The molecule has 1 aromatic carbocycles. The summed E-state index contributed by atoms with van der Waals surface area (Å²) in [5.74, 6) is 0.919. The predicted octanol–water partition coefficient (Wildman–Crippen LogP) is -0.453. The van der Waals surface area contributed by atoms with Crippen molar-refractivity contribution in [3.63, 3.8) is 0 Å². The van der Waals surface area contributed by atoms with E-state index >= 15 is 0 Å². The van der Waals surface area contributed by atoms with Crippen LogP contribution in [0.5, 0.6) is 5.75 Å². The lowest BCUT2D eigenvalue weighted by molar-refractivity contribution is 0.263. The first-order chi connectivity index (χ1) is 10.4. The van der Waals surface area contributed by atoms with Crippen molar-refractivity contribution in [2.75, 3.05) is 52.5 Å². The SMILES string of the molecule is NCCNCCNCCN.c1ccc(OCC2CO2)cc1. The number of hydrogen-bond donors (Lipinski definition) is 4. The lowest BCUT2D eigenvalue weighted by atomic mass is 10.3. The second-order valence-corrected chi connectivity index (χ2v) is 4.66. The van der Waals surface area contributed by atoms with Crippen molar-refractivity contribution >= 4 is 0 Å². The summed E-state index contributed by atoms with van der Waals surface area (Å²) in [6.07, 6.45) is 0.343. The number of nitrogens with one attached hydrogen (secondary N) is 2. The van der Waals surface area contributed by atoms with Gasteiger partial charge in [0.05, 0.1) is 6.61 Å². The van der Waals surface area contributed by atoms with Crippen LogP contribution in [0.4, 0.5) is 0 Å². The molecule has 0 aromatic heterocycles. The maximum atomic E-state index is 5.40. The molecule has 1 saturated heterocycles. The van der Waals surface area contributed by atoms with Crippen LogP contribution >= 0.6 is 0 Å². The van der Waals surface area contributed by atoms with E-state index in [0.29, 0.717) is 25.8 Å². The zero-order chi connectivity index (χ0) is 15.2. The van der Waals surface area contributed by atoms with E-state index in [0.717, 1.165) is 38.5 Å². The van der Waals surface area contributed by atoms with E-state index in [1.165, 1.54) is 0 Å². The van der Waals surface area contributed by atoms with Gasteiger partial charge in [-0.25, -0.2) is 0 Å². The predicted molar refractivity (Wildman–Crippen MR) is 85.5 cm³/mol.